The number of rotatable bonds is 16. The van der Waals surface area contributed by atoms with Crippen LogP contribution in [0.15, 0.2) is 91.9 Å². The number of carboxylic acid groups (broad SMARTS) is 2. The van der Waals surface area contributed by atoms with Gasteiger partial charge in [0.1, 0.15) is 78.3 Å². The van der Waals surface area contributed by atoms with Gasteiger partial charge in [-0.25, -0.2) is 14.8 Å². The lowest BCUT2D eigenvalue weighted by Crippen LogP contribution is -2.62. The van der Waals surface area contributed by atoms with Crippen molar-refractivity contribution < 1.29 is 87.5 Å². The second-order valence-corrected chi connectivity index (χ2v) is 29.0. The molecule has 3 aromatic heterocycles. The summed E-state index contributed by atoms with van der Waals surface area (Å²) >= 11 is 0. The number of benzene rings is 2. The average molecular weight is 1530 g/mol. The Labute approximate surface area is 622 Å². The van der Waals surface area contributed by atoms with E-state index >= 15 is 19.2 Å². The molecule has 2 aromatic carbocycles. The Morgan fingerprint density at radius 1 is 0.533 bits per heavy atom. The maximum Gasteiger partial charge on any atom is 0.327 e. The molecule has 578 valence electrons. The molecule has 5 aromatic rings. The van der Waals surface area contributed by atoms with Crippen LogP contribution in [0.1, 0.15) is 96.2 Å². The monoisotopic (exact) mass is 1520 g/mol. The maximum absolute atomic E-state index is 15.4. The second-order valence-electron chi connectivity index (χ2n) is 26.4. The molecule has 2 aliphatic heterocycles. The highest BCUT2D eigenvalue weighted by Gasteiger charge is 2.40. The lowest BCUT2D eigenvalue weighted by molar-refractivity contribution is -0.142. The van der Waals surface area contributed by atoms with Crippen LogP contribution in [0.4, 0.5) is 0 Å². The Kier molecular flexibility index (Phi) is 31.2. The lowest BCUT2D eigenvalue weighted by Gasteiger charge is -2.30. The molecule has 0 unspecified atom stereocenters. The fourth-order valence-corrected chi connectivity index (χ4v) is 13.6. The number of carbonyl (C=O) groups excluding carboxylic acids is 12. The smallest absolute Gasteiger partial charge is 0.327 e. The molecule has 107 heavy (non-hydrogen) atoms. The average Bonchev–Trinajstić information content (AvgIpc) is 1.79. The summed E-state index contributed by atoms with van der Waals surface area (Å²) in [6.07, 6.45) is 4.10. The van der Waals surface area contributed by atoms with Crippen LogP contribution in [0.3, 0.4) is 0 Å². The molecule has 38 heteroatoms. The second kappa shape index (κ2) is 40.0. The summed E-state index contributed by atoms with van der Waals surface area (Å²) in [5.41, 5.74) is 8.19. The molecule has 0 aliphatic carbocycles. The first-order chi connectivity index (χ1) is 50.9. The van der Waals surface area contributed by atoms with Crippen LogP contribution in [-0.2, 0) is 92.8 Å². The topological polar surface area (TPSA) is 563 Å². The van der Waals surface area contributed by atoms with E-state index in [4.69, 9.17) is 5.73 Å². The number of nitrogens with one attached hydrogen (secondary N) is 15. The van der Waals surface area contributed by atoms with Gasteiger partial charge >= 0.3 is 11.9 Å². The molecule has 21 N–H and O–H groups in total. The van der Waals surface area contributed by atoms with E-state index < -0.39 is 205 Å². The molecular weight excluding hydrogens is 1430 g/mol. The summed E-state index contributed by atoms with van der Waals surface area (Å²) in [4.78, 5) is 218. The van der Waals surface area contributed by atoms with Crippen molar-refractivity contribution in [3.8, 4) is 5.75 Å². The lowest BCUT2D eigenvalue weighted by atomic mass is 9.96. The van der Waals surface area contributed by atoms with Gasteiger partial charge in [0.25, 0.3) is 0 Å². The summed E-state index contributed by atoms with van der Waals surface area (Å²) in [6.45, 7) is 8.88. The van der Waals surface area contributed by atoms with Gasteiger partial charge in [-0.3, -0.25) is 62.3 Å². The van der Waals surface area contributed by atoms with Crippen molar-refractivity contribution >= 4 is 115 Å². The molecule has 0 saturated heterocycles. The third kappa shape index (κ3) is 24.9. The Hall–Kier alpha value is -10.9. The van der Waals surface area contributed by atoms with Gasteiger partial charge in [0.15, 0.2) is 0 Å². The van der Waals surface area contributed by atoms with Crippen LogP contribution in [0.2, 0.25) is 0 Å². The van der Waals surface area contributed by atoms with E-state index in [1.54, 1.807) is 58.2 Å². The molecule has 15 atom stereocenters. The number of fused-ring (bicyclic) bond motifs is 5. The van der Waals surface area contributed by atoms with E-state index in [0.29, 0.717) is 22.0 Å². The third-order valence-electron chi connectivity index (χ3n) is 17.8. The van der Waals surface area contributed by atoms with Crippen molar-refractivity contribution in [2.75, 3.05) is 11.5 Å². The SMILES string of the molecule is CC[C@H](C)[C@@H]1NC(=O)[C@@H]2C/C=C/C[C@H](NC(=O)[C@H](Cc3cnc[nH]3)NC(=O)[C@H](Cc3cnc[nH]3)NC(=O)[C@H](CCC(=O)O)NC1=O)C(=O)N[C@@H](Cc1c[nH]c3ccccc13)C(=O)N[C@@H]([C@@H](C)O)C(=O)N[C@H](C(=O)O)CSSC[C@H](N)C(=O)N[C@@H](C(C)C)C(=O)N[C@@H](C)C(=O)N[C@@H](Cc1ccc(O)cc1)C(=O)N2. The highest BCUT2D eigenvalue weighted by molar-refractivity contribution is 8.76. The molecule has 12 amide bonds. The van der Waals surface area contributed by atoms with E-state index in [2.05, 4.69) is 88.7 Å². The van der Waals surface area contributed by atoms with Crippen molar-refractivity contribution in [2.24, 2.45) is 17.6 Å². The number of carboxylic acids is 2. The number of nitrogens with two attached hydrogens (primary N) is 1. The summed E-state index contributed by atoms with van der Waals surface area (Å²) in [6, 6.07) is -8.79. The molecule has 7 rings (SSSR count). The van der Waals surface area contributed by atoms with E-state index in [0.717, 1.165) is 28.5 Å². The number of aromatic hydroxyl groups is 1. The predicted molar refractivity (Wildman–Crippen MR) is 389 cm³/mol. The van der Waals surface area contributed by atoms with Crippen LogP contribution in [0, 0.1) is 11.8 Å². The number of phenols is 1. The van der Waals surface area contributed by atoms with Gasteiger partial charge in [-0.2, -0.15) is 0 Å². The van der Waals surface area contributed by atoms with Crippen molar-refractivity contribution in [1.29, 1.82) is 0 Å². The third-order valence-corrected chi connectivity index (χ3v) is 20.2. The summed E-state index contributed by atoms with van der Waals surface area (Å²) < 4.78 is 0. The van der Waals surface area contributed by atoms with Crippen molar-refractivity contribution in [3.05, 3.63) is 114 Å². The Morgan fingerprint density at radius 3 is 1.58 bits per heavy atom. The van der Waals surface area contributed by atoms with Gasteiger partial charge in [0, 0.05) is 84.5 Å². The summed E-state index contributed by atoms with van der Waals surface area (Å²) in [7, 11) is 1.82. The summed E-state index contributed by atoms with van der Waals surface area (Å²) in [5.74, 6) is -17.4. The minimum atomic E-state index is -1.91. The highest BCUT2D eigenvalue weighted by atomic mass is 33.1. The van der Waals surface area contributed by atoms with Crippen molar-refractivity contribution in [1.82, 2.24) is 88.7 Å². The first kappa shape index (κ1) is 83.4. The standard InChI is InChI=1S/C69H92N18O18S2/c1-7-34(4)55-67(102)79-47(20-21-53(90)91)60(95)82-51(25-40-28-72-32-75-40)64(99)83-50(24-39-27-71-31-74-39)63(98)77-45-14-10-11-15-46(61(96)86-55)78-62(97)48(22-37-16-18-41(89)19-17-37)80-57(92)35(5)76-66(101)54(33(2)3)85-58(93)43(70)29-106-107-30-52(69(104)105)84-68(103)56(36(6)88)87-65(100)49(81-59(45)94)23-38-26-73-44-13-9-8-12-42(38)44/h8-13,16-19,26-28,31-36,43,45-52,54-56,73,88-89H,7,14-15,20-25,29-30,70H2,1-6H3,(H,71,74)(H,72,75)(H,76,101)(H,77,98)(H,78,97)(H,79,102)(H,80,92)(H,81,94)(H,82,95)(H,83,99)(H,84,103)(H,85,93)(H,86,96)(H,87,100)(H,90,91)(H,104,105)/b11-10+/t34-,35-,36+,43-,45-,46-,47-,48-,49-,50-,51-,52-,54-,55-,56-/m0/s1. The largest absolute Gasteiger partial charge is 0.508 e. The van der Waals surface area contributed by atoms with Crippen LogP contribution in [0.25, 0.3) is 10.9 Å². The van der Waals surface area contributed by atoms with Gasteiger partial charge in [0.05, 0.1) is 24.8 Å². The molecule has 5 heterocycles. The van der Waals surface area contributed by atoms with Crippen LogP contribution in [0.5, 0.6) is 5.75 Å². The van der Waals surface area contributed by atoms with E-state index in [9.17, 15) is 68.4 Å². The fourth-order valence-electron chi connectivity index (χ4n) is 11.4. The first-order valence-electron chi connectivity index (χ1n) is 34.6. The number of imidazole rings is 2. The molecule has 0 spiro atoms. The maximum atomic E-state index is 15.4. The fraction of sp³-hybridized carbons (Fsp3) is 0.478. The summed E-state index contributed by atoms with van der Waals surface area (Å²) in [5, 5.41) is 73.1. The minimum Gasteiger partial charge on any atom is -0.508 e. The van der Waals surface area contributed by atoms with Crippen molar-refractivity contribution in [3.63, 3.8) is 0 Å². The Morgan fingerprint density at radius 2 is 1.02 bits per heavy atom. The number of aliphatic carboxylic acids is 2. The Balaban J connectivity index is 1.39. The van der Waals surface area contributed by atoms with E-state index in [1.807, 2.05) is 0 Å². The van der Waals surface area contributed by atoms with Gasteiger partial charge in [-0.05, 0) is 74.3 Å². The molecule has 0 fully saturated rings. The number of hydrogen-bond donors (Lipinski definition) is 20. The number of aromatic amines is 3. The number of aliphatic hydroxyl groups excluding tert-OH is 1. The zero-order valence-corrected chi connectivity index (χ0v) is 61.1. The number of H-pyrrole nitrogens is 3. The number of phenolic OH excluding ortho intramolecular Hbond substituents is 1. The zero-order valence-electron chi connectivity index (χ0n) is 59.5. The minimum absolute atomic E-state index is 0.156. The molecule has 2 bridgehead atoms. The van der Waals surface area contributed by atoms with Crippen LogP contribution in [-0.4, -0.2) is 224 Å². The number of carbonyl (C=O) groups is 14. The van der Waals surface area contributed by atoms with Gasteiger partial charge in [-0.15, -0.1) is 0 Å². The van der Waals surface area contributed by atoms with E-state index in [-0.39, 0.29) is 60.7 Å². The van der Waals surface area contributed by atoms with Crippen LogP contribution >= 0.6 is 21.6 Å². The normalized spacial score (nSPS) is 26.3. The number of hydrogen-bond acceptors (Lipinski definition) is 21. The molecule has 2 aliphatic rings. The quantitative estimate of drug-likeness (QED) is 0.0360. The zero-order chi connectivity index (χ0) is 78.2. The van der Waals surface area contributed by atoms with Crippen LogP contribution < -0.4 is 69.5 Å². The molecule has 0 radical (unpaired) electrons. The number of aliphatic hydroxyl groups is 1. The molecule has 0 saturated carbocycles. The number of amides is 12. The van der Waals surface area contributed by atoms with Gasteiger partial charge < -0.3 is 105 Å². The van der Waals surface area contributed by atoms with Gasteiger partial charge in [0.2, 0.25) is 70.9 Å². The van der Waals surface area contributed by atoms with Gasteiger partial charge in [-0.1, -0.05) is 98.2 Å². The highest BCUT2D eigenvalue weighted by Crippen LogP contribution is 2.24. The predicted octanol–water partition coefficient (Wildman–Crippen LogP) is -2.47. The number of aromatic nitrogens is 5. The molecule has 36 nitrogen and oxygen atoms in total. The number of nitrogens with zero attached hydrogens (tertiary/aromatic N) is 2. The Bertz CT molecular complexity index is 3990. The first-order valence-corrected chi connectivity index (χ1v) is 37.1. The van der Waals surface area contributed by atoms with Crippen molar-refractivity contribution in [2.45, 2.75) is 184 Å². The van der Waals surface area contributed by atoms with E-state index in [1.165, 1.54) is 68.4 Å². The molecular formula is C69H92N18O18S2. The number of para-hydroxylation sites is 1.